The highest BCUT2D eigenvalue weighted by Crippen LogP contribution is 2.23. The maximum atomic E-state index is 12.5. The van der Waals surface area contributed by atoms with Gasteiger partial charge in [0.05, 0.1) is 11.0 Å². The zero-order valence-electron chi connectivity index (χ0n) is 14.7. The molecule has 1 aliphatic rings. The van der Waals surface area contributed by atoms with Crippen LogP contribution in [-0.2, 0) is 26.9 Å². The van der Waals surface area contributed by atoms with E-state index in [2.05, 4.69) is 17.2 Å². The van der Waals surface area contributed by atoms with E-state index in [9.17, 15) is 13.2 Å². The van der Waals surface area contributed by atoms with Crippen molar-refractivity contribution in [3.63, 3.8) is 0 Å². The van der Waals surface area contributed by atoms with Crippen LogP contribution in [0.3, 0.4) is 0 Å². The quantitative estimate of drug-likeness (QED) is 0.884. The van der Waals surface area contributed by atoms with E-state index >= 15 is 0 Å². The normalized spacial score (nSPS) is 21.4. The van der Waals surface area contributed by atoms with Crippen molar-refractivity contribution in [2.24, 2.45) is 5.92 Å². The number of rotatable bonds is 5. The van der Waals surface area contributed by atoms with Gasteiger partial charge in [-0.2, -0.15) is 0 Å². The topological polar surface area (TPSA) is 81.1 Å². The van der Waals surface area contributed by atoms with Crippen molar-refractivity contribution in [2.45, 2.75) is 50.9 Å². The number of nitrogens with zero attached hydrogens (tertiary/aromatic N) is 2. The Bertz CT molecular complexity index is 873. The lowest BCUT2D eigenvalue weighted by molar-refractivity contribution is -0.122. The second-order valence-electron chi connectivity index (χ2n) is 7.21. The summed E-state index contributed by atoms with van der Waals surface area (Å²) >= 11 is 0. The number of amides is 1. The molecule has 25 heavy (non-hydrogen) atoms. The fourth-order valence-electron chi connectivity index (χ4n) is 3.63. The van der Waals surface area contributed by atoms with Crippen LogP contribution < -0.4 is 5.32 Å². The number of hydrogen-bond donors (Lipinski definition) is 1. The molecular weight excluding hydrogens is 338 g/mol. The van der Waals surface area contributed by atoms with Crippen LogP contribution >= 0.6 is 0 Å². The van der Waals surface area contributed by atoms with Crippen LogP contribution in [0, 0.1) is 5.92 Å². The predicted octanol–water partition coefficient (Wildman–Crippen LogP) is 2.28. The number of hydrogen-bond acceptors (Lipinski definition) is 4. The molecule has 0 spiro atoms. The molecule has 7 heteroatoms. The van der Waals surface area contributed by atoms with Crippen LogP contribution in [0.1, 0.15) is 38.4 Å². The summed E-state index contributed by atoms with van der Waals surface area (Å²) in [6.45, 7) is 2.31. The number of para-hydroxylation sites is 2. The number of carbonyl (C=O) groups is 1. The lowest BCUT2D eigenvalue weighted by Crippen LogP contribution is -2.39. The van der Waals surface area contributed by atoms with E-state index < -0.39 is 9.84 Å². The van der Waals surface area contributed by atoms with Gasteiger partial charge in [-0.25, -0.2) is 13.4 Å². The molecule has 0 radical (unpaired) electrons. The Morgan fingerprint density at radius 3 is 2.80 bits per heavy atom. The largest absolute Gasteiger partial charge is 0.352 e. The van der Waals surface area contributed by atoms with Crippen LogP contribution in [0.15, 0.2) is 24.3 Å². The minimum absolute atomic E-state index is 0.0861. The van der Waals surface area contributed by atoms with Gasteiger partial charge in [-0.3, -0.25) is 4.79 Å². The summed E-state index contributed by atoms with van der Waals surface area (Å²) in [6.07, 6.45) is 5.56. The molecule has 0 saturated heterocycles. The van der Waals surface area contributed by atoms with Gasteiger partial charge in [0.2, 0.25) is 5.91 Å². The lowest BCUT2D eigenvalue weighted by Gasteiger charge is -2.27. The summed E-state index contributed by atoms with van der Waals surface area (Å²) in [5.74, 6) is 0.789. The maximum Gasteiger partial charge on any atom is 0.240 e. The van der Waals surface area contributed by atoms with Gasteiger partial charge in [0.25, 0.3) is 0 Å². The highest BCUT2D eigenvalue weighted by molar-refractivity contribution is 7.89. The third kappa shape index (κ3) is 4.60. The Morgan fingerprint density at radius 1 is 1.32 bits per heavy atom. The van der Waals surface area contributed by atoms with E-state index in [1.165, 1.54) is 12.7 Å². The van der Waals surface area contributed by atoms with Gasteiger partial charge >= 0.3 is 0 Å². The van der Waals surface area contributed by atoms with Crippen molar-refractivity contribution >= 4 is 26.8 Å². The van der Waals surface area contributed by atoms with Crippen LogP contribution in [0.2, 0.25) is 0 Å². The highest BCUT2D eigenvalue weighted by atomic mass is 32.2. The van der Waals surface area contributed by atoms with Gasteiger partial charge in [0.15, 0.2) is 9.84 Å². The molecule has 1 fully saturated rings. The summed E-state index contributed by atoms with van der Waals surface area (Å²) in [7, 11) is -3.23. The molecular formula is C18H25N3O3S. The Morgan fingerprint density at radius 2 is 2.08 bits per heavy atom. The Kier molecular flexibility index (Phi) is 5.13. The monoisotopic (exact) mass is 363 g/mol. The number of nitrogens with one attached hydrogen (secondary N) is 1. The van der Waals surface area contributed by atoms with Gasteiger partial charge in [0.1, 0.15) is 18.1 Å². The molecule has 2 aromatic rings. The molecule has 0 aliphatic heterocycles. The number of aromatic nitrogens is 2. The second kappa shape index (κ2) is 7.15. The SMILES string of the molecule is CC1CCCC(NC(=O)Cn2c(CS(C)(=O)=O)nc3ccccc32)C1. The van der Waals surface area contributed by atoms with E-state index in [1.54, 1.807) is 4.57 Å². The third-order valence-corrected chi connectivity index (χ3v) is 5.51. The maximum absolute atomic E-state index is 12.5. The first-order valence-electron chi connectivity index (χ1n) is 8.73. The molecule has 6 nitrogen and oxygen atoms in total. The van der Waals surface area contributed by atoms with Crippen LogP contribution in [0.4, 0.5) is 0 Å². The van der Waals surface area contributed by atoms with E-state index in [-0.39, 0.29) is 24.2 Å². The van der Waals surface area contributed by atoms with Crippen molar-refractivity contribution in [1.29, 1.82) is 0 Å². The summed E-state index contributed by atoms with van der Waals surface area (Å²) in [5, 5.41) is 3.11. The number of benzene rings is 1. The Hall–Kier alpha value is -1.89. The fraction of sp³-hybridized carbons (Fsp3) is 0.556. The van der Waals surface area contributed by atoms with E-state index in [4.69, 9.17) is 0 Å². The molecule has 3 rings (SSSR count). The average Bonchev–Trinajstić information content (AvgIpc) is 2.83. The standard InChI is InChI=1S/C18H25N3O3S/c1-13-6-5-7-14(10-13)19-18(22)11-21-16-9-4-3-8-15(16)20-17(21)12-25(2,23)24/h3-4,8-9,13-14H,5-7,10-12H2,1-2H3,(H,19,22). The number of sulfone groups is 1. The van der Waals surface area contributed by atoms with Gasteiger partial charge in [-0.1, -0.05) is 31.9 Å². The molecule has 136 valence electrons. The van der Waals surface area contributed by atoms with E-state index in [0.717, 1.165) is 24.8 Å². The van der Waals surface area contributed by atoms with Gasteiger partial charge in [-0.15, -0.1) is 0 Å². The average molecular weight is 363 g/mol. The number of fused-ring (bicyclic) bond motifs is 1. The van der Waals surface area contributed by atoms with Gasteiger partial charge in [-0.05, 0) is 30.9 Å². The van der Waals surface area contributed by atoms with Gasteiger partial charge in [0, 0.05) is 12.3 Å². The van der Waals surface area contributed by atoms with Crippen LogP contribution in [0.5, 0.6) is 0 Å². The van der Waals surface area contributed by atoms with Crippen molar-refractivity contribution in [3.05, 3.63) is 30.1 Å². The minimum atomic E-state index is -3.23. The number of carbonyl (C=O) groups excluding carboxylic acids is 1. The zero-order valence-corrected chi connectivity index (χ0v) is 15.6. The smallest absolute Gasteiger partial charge is 0.240 e. The molecule has 1 aromatic heterocycles. The predicted molar refractivity (Wildman–Crippen MR) is 97.8 cm³/mol. The first-order valence-corrected chi connectivity index (χ1v) is 10.8. The summed E-state index contributed by atoms with van der Waals surface area (Å²) < 4.78 is 25.1. The van der Waals surface area contributed by atoms with E-state index in [1.807, 2.05) is 24.3 Å². The molecule has 1 saturated carbocycles. The van der Waals surface area contributed by atoms with Crippen molar-refractivity contribution < 1.29 is 13.2 Å². The Labute approximate surface area is 148 Å². The summed E-state index contributed by atoms with van der Waals surface area (Å²) in [5.41, 5.74) is 1.49. The van der Waals surface area contributed by atoms with Crippen molar-refractivity contribution in [2.75, 3.05) is 6.26 Å². The van der Waals surface area contributed by atoms with Crippen molar-refractivity contribution in [1.82, 2.24) is 14.9 Å². The van der Waals surface area contributed by atoms with Crippen LogP contribution in [-0.4, -0.2) is 36.2 Å². The molecule has 1 aromatic carbocycles. The molecule has 2 unspecified atom stereocenters. The molecule has 1 heterocycles. The minimum Gasteiger partial charge on any atom is -0.352 e. The first kappa shape index (κ1) is 17.9. The molecule has 1 aliphatic carbocycles. The summed E-state index contributed by atoms with van der Waals surface area (Å²) in [4.78, 5) is 17.0. The molecule has 2 atom stereocenters. The molecule has 1 amide bonds. The third-order valence-electron chi connectivity index (χ3n) is 4.73. The van der Waals surface area contributed by atoms with E-state index in [0.29, 0.717) is 17.3 Å². The second-order valence-corrected chi connectivity index (χ2v) is 9.35. The van der Waals surface area contributed by atoms with Crippen LogP contribution in [0.25, 0.3) is 11.0 Å². The number of imidazole rings is 1. The fourth-order valence-corrected chi connectivity index (χ4v) is 4.32. The molecule has 1 N–H and O–H groups in total. The zero-order chi connectivity index (χ0) is 18.0. The van der Waals surface area contributed by atoms with Crippen molar-refractivity contribution in [3.8, 4) is 0 Å². The molecule has 0 bridgehead atoms. The highest BCUT2D eigenvalue weighted by Gasteiger charge is 2.22. The van der Waals surface area contributed by atoms with Gasteiger partial charge < -0.3 is 9.88 Å². The lowest BCUT2D eigenvalue weighted by atomic mass is 9.87. The Balaban J connectivity index is 1.81. The summed E-state index contributed by atoms with van der Waals surface area (Å²) in [6, 6.07) is 7.63. The first-order chi connectivity index (χ1) is 11.8.